The van der Waals surface area contributed by atoms with Crippen molar-refractivity contribution in [3.63, 3.8) is 0 Å². The minimum absolute atomic E-state index is 0.338. The van der Waals surface area contributed by atoms with Gasteiger partial charge >= 0.3 is 6.09 Å². The van der Waals surface area contributed by atoms with E-state index in [1.807, 2.05) is 20.8 Å². The van der Waals surface area contributed by atoms with Crippen LogP contribution in [0.1, 0.15) is 33.6 Å². The summed E-state index contributed by atoms with van der Waals surface area (Å²) in [5, 5.41) is 0. The van der Waals surface area contributed by atoms with Crippen LogP contribution >= 0.6 is 0 Å². The summed E-state index contributed by atoms with van der Waals surface area (Å²) in [4.78, 5) is 17.6. The van der Waals surface area contributed by atoms with Crippen molar-refractivity contribution >= 4 is 11.8 Å². The van der Waals surface area contributed by atoms with Gasteiger partial charge in [-0.05, 0) is 27.2 Å². The fourth-order valence-corrected chi connectivity index (χ4v) is 2.04. The molecule has 0 radical (unpaired) electrons. The van der Waals surface area contributed by atoms with Crippen LogP contribution in [0.25, 0.3) is 0 Å². The zero-order chi connectivity index (χ0) is 14.8. The van der Waals surface area contributed by atoms with Gasteiger partial charge in [-0.1, -0.05) is 0 Å². The molecular formula is C14H21N3O3. The van der Waals surface area contributed by atoms with E-state index in [-0.39, 0.29) is 12.3 Å². The number of amides is 1. The third-order valence-corrected chi connectivity index (χ3v) is 2.90. The van der Waals surface area contributed by atoms with Crippen molar-refractivity contribution in [1.29, 1.82) is 0 Å². The molecule has 110 valence electrons. The number of pyridine rings is 1. The van der Waals surface area contributed by atoms with E-state index in [0.717, 1.165) is 12.8 Å². The van der Waals surface area contributed by atoms with Crippen LogP contribution in [-0.2, 0) is 4.74 Å². The van der Waals surface area contributed by atoms with Gasteiger partial charge < -0.3 is 15.2 Å². The fourth-order valence-electron chi connectivity index (χ4n) is 2.04. The highest BCUT2D eigenvalue weighted by atomic mass is 16.6. The number of nitrogen functional groups attached to an aromatic ring is 1. The number of nitrogens with zero attached hydrogens (tertiary/aromatic N) is 2. The van der Waals surface area contributed by atoms with Crippen LogP contribution < -0.4 is 10.5 Å². The number of nitrogens with two attached hydrogens (primary N) is 1. The molecule has 0 bridgehead atoms. The molecule has 2 rings (SSSR count). The summed E-state index contributed by atoms with van der Waals surface area (Å²) >= 11 is 0. The SMILES string of the molecule is CC(C)(C)OC(=O)N1CCCC1Oc1ccncc1N. The summed E-state index contributed by atoms with van der Waals surface area (Å²) in [5.74, 6) is 0.542. The maximum Gasteiger partial charge on any atom is 0.413 e. The molecule has 0 aromatic carbocycles. The highest BCUT2D eigenvalue weighted by Crippen LogP contribution is 2.27. The van der Waals surface area contributed by atoms with Crippen LogP contribution in [0.5, 0.6) is 5.75 Å². The second-order valence-electron chi connectivity index (χ2n) is 5.80. The van der Waals surface area contributed by atoms with Gasteiger partial charge in [0.25, 0.3) is 0 Å². The molecule has 6 heteroatoms. The third-order valence-electron chi connectivity index (χ3n) is 2.90. The average Bonchev–Trinajstić information content (AvgIpc) is 2.78. The minimum atomic E-state index is -0.514. The second kappa shape index (κ2) is 5.56. The Kier molecular flexibility index (Phi) is 4.01. The molecule has 2 N–H and O–H groups in total. The Morgan fingerprint density at radius 1 is 1.50 bits per heavy atom. The molecule has 0 saturated carbocycles. The molecule has 0 spiro atoms. The summed E-state index contributed by atoms with van der Waals surface area (Å²) in [7, 11) is 0. The van der Waals surface area contributed by atoms with Gasteiger partial charge in [-0.15, -0.1) is 0 Å². The smallest absolute Gasteiger partial charge is 0.413 e. The lowest BCUT2D eigenvalue weighted by Crippen LogP contribution is -2.42. The van der Waals surface area contributed by atoms with E-state index in [2.05, 4.69) is 4.98 Å². The number of anilines is 1. The molecule has 6 nitrogen and oxygen atoms in total. The number of carbonyl (C=O) groups excluding carboxylic acids is 1. The number of ether oxygens (including phenoxy) is 2. The van der Waals surface area contributed by atoms with Crippen LogP contribution in [0.3, 0.4) is 0 Å². The normalized spacial score (nSPS) is 18.9. The number of hydrogen-bond acceptors (Lipinski definition) is 5. The molecule has 1 unspecified atom stereocenters. The van der Waals surface area contributed by atoms with Crippen molar-refractivity contribution in [2.24, 2.45) is 0 Å². The zero-order valence-corrected chi connectivity index (χ0v) is 12.1. The Hall–Kier alpha value is -1.98. The molecule has 0 aliphatic carbocycles. The van der Waals surface area contributed by atoms with Crippen LogP contribution in [0.15, 0.2) is 18.5 Å². The van der Waals surface area contributed by atoms with Crippen LogP contribution in [0.2, 0.25) is 0 Å². The average molecular weight is 279 g/mol. The minimum Gasteiger partial charge on any atom is -0.468 e. The Morgan fingerprint density at radius 2 is 2.25 bits per heavy atom. The van der Waals surface area contributed by atoms with E-state index >= 15 is 0 Å². The van der Waals surface area contributed by atoms with Gasteiger partial charge in [-0.2, -0.15) is 0 Å². The number of carbonyl (C=O) groups is 1. The van der Waals surface area contributed by atoms with E-state index < -0.39 is 5.60 Å². The molecule has 1 aliphatic heterocycles. The third kappa shape index (κ3) is 3.53. The molecule has 1 aliphatic rings. The molecule has 1 atom stereocenters. The number of likely N-dealkylation sites (tertiary alicyclic amines) is 1. The summed E-state index contributed by atoms with van der Waals surface area (Å²) < 4.78 is 11.2. The zero-order valence-electron chi connectivity index (χ0n) is 12.1. The molecule has 20 heavy (non-hydrogen) atoms. The van der Waals surface area contributed by atoms with Crippen LogP contribution in [-0.4, -0.2) is 34.4 Å². The number of rotatable bonds is 2. The first kappa shape index (κ1) is 14.4. The van der Waals surface area contributed by atoms with Crippen molar-refractivity contribution < 1.29 is 14.3 Å². The van der Waals surface area contributed by atoms with Crippen molar-refractivity contribution in [2.45, 2.75) is 45.4 Å². The Bertz CT molecular complexity index is 485. The standard InChI is InChI=1S/C14H21N3O3/c1-14(2,3)20-13(18)17-8-4-5-12(17)19-11-6-7-16-9-10(11)15/h6-7,9,12H,4-5,8,15H2,1-3H3. The molecule has 1 saturated heterocycles. The molecule has 1 amide bonds. The van der Waals surface area contributed by atoms with E-state index in [1.54, 1.807) is 17.2 Å². The van der Waals surface area contributed by atoms with E-state index in [0.29, 0.717) is 18.0 Å². The number of hydrogen-bond donors (Lipinski definition) is 1. The summed E-state index contributed by atoms with van der Waals surface area (Å²) in [6, 6.07) is 1.70. The first-order valence-corrected chi connectivity index (χ1v) is 6.72. The predicted octanol–water partition coefficient (Wildman–Crippen LogP) is 2.40. The fraction of sp³-hybridized carbons (Fsp3) is 0.571. The Labute approximate surface area is 118 Å². The van der Waals surface area contributed by atoms with Gasteiger partial charge in [0.15, 0.2) is 6.23 Å². The van der Waals surface area contributed by atoms with Crippen LogP contribution in [0.4, 0.5) is 10.5 Å². The highest BCUT2D eigenvalue weighted by molar-refractivity contribution is 5.68. The molecule has 1 aromatic rings. The lowest BCUT2D eigenvalue weighted by molar-refractivity contribution is -0.00493. The van der Waals surface area contributed by atoms with E-state index in [1.165, 1.54) is 6.20 Å². The van der Waals surface area contributed by atoms with Gasteiger partial charge in [-0.3, -0.25) is 9.88 Å². The van der Waals surface area contributed by atoms with Crippen LogP contribution in [0, 0.1) is 0 Å². The molecule has 1 aromatic heterocycles. The van der Waals surface area contributed by atoms with Crippen molar-refractivity contribution in [3.05, 3.63) is 18.5 Å². The predicted molar refractivity (Wildman–Crippen MR) is 75.2 cm³/mol. The quantitative estimate of drug-likeness (QED) is 0.899. The maximum atomic E-state index is 12.1. The second-order valence-corrected chi connectivity index (χ2v) is 5.80. The van der Waals surface area contributed by atoms with Crippen molar-refractivity contribution in [3.8, 4) is 5.75 Å². The van der Waals surface area contributed by atoms with E-state index in [4.69, 9.17) is 15.2 Å². The highest BCUT2D eigenvalue weighted by Gasteiger charge is 2.33. The molecule has 2 heterocycles. The Morgan fingerprint density at radius 3 is 2.90 bits per heavy atom. The van der Waals surface area contributed by atoms with E-state index in [9.17, 15) is 4.79 Å². The van der Waals surface area contributed by atoms with Gasteiger partial charge in [0.1, 0.15) is 11.4 Å². The maximum absolute atomic E-state index is 12.1. The monoisotopic (exact) mass is 279 g/mol. The first-order chi connectivity index (χ1) is 9.37. The van der Waals surface area contributed by atoms with Gasteiger partial charge in [0.2, 0.25) is 0 Å². The van der Waals surface area contributed by atoms with Crippen molar-refractivity contribution in [1.82, 2.24) is 9.88 Å². The van der Waals surface area contributed by atoms with Gasteiger partial charge in [0, 0.05) is 25.2 Å². The Balaban J connectivity index is 2.04. The molecular weight excluding hydrogens is 258 g/mol. The summed E-state index contributed by atoms with van der Waals surface area (Å²) in [5.41, 5.74) is 5.75. The largest absolute Gasteiger partial charge is 0.468 e. The summed E-state index contributed by atoms with van der Waals surface area (Å²) in [6.07, 6.45) is 4.10. The molecule has 1 fully saturated rings. The lowest BCUT2D eigenvalue weighted by atomic mass is 10.2. The topological polar surface area (TPSA) is 77.7 Å². The van der Waals surface area contributed by atoms with Crippen molar-refractivity contribution in [2.75, 3.05) is 12.3 Å². The lowest BCUT2D eigenvalue weighted by Gasteiger charge is -2.28. The van der Waals surface area contributed by atoms with Gasteiger partial charge in [-0.25, -0.2) is 4.79 Å². The number of aromatic nitrogens is 1. The van der Waals surface area contributed by atoms with Gasteiger partial charge in [0.05, 0.1) is 11.9 Å². The first-order valence-electron chi connectivity index (χ1n) is 6.72. The summed E-state index contributed by atoms with van der Waals surface area (Å²) in [6.45, 7) is 6.16.